The lowest BCUT2D eigenvalue weighted by Crippen LogP contribution is -2.44. The summed E-state index contributed by atoms with van der Waals surface area (Å²) in [6.07, 6.45) is 85.6. The van der Waals surface area contributed by atoms with E-state index in [4.69, 9.17) is 18.9 Å². The topological polar surface area (TPSA) is 111 Å². The largest absolute Gasteiger partial charge is 0.545 e. The van der Waals surface area contributed by atoms with E-state index in [9.17, 15) is 19.5 Å². The molecule has 0 heterocycles. The van der Waals surface area contributed by atoms with Crippen LogP contribution in [0.1, 0.15) is 386 Å². The van der Waals surface area contributed by atoms with Crippen molar-refractivity contribution in [2.45, 2.75) is 399 Å². The van der Waals surface area contributed by atoms with Crippen molar-refractivity contribution in [1.29, 1.82) is 0 Å². The van der Waals surface area contributed by atoms with Gasteiger partial charge in [0, 0.05) is 12.8 Å². The summed E-state index contributed by atoms with van der Waals surface area (Å²) in [5.41, 5.74) is 0. The summed E-state index contributed by atoms with van der Waals surface area (Å²) in [7, 11) is 5.94. The van der Waals surface area contributed by atoms with Crippen LogP contribution in [0, 0.1) is 0 Å². The molecule has 0 saturated carbocycles. The van der Waals surface area contributed by atoms with Crippen LogP contribution in [0.3, 0.4) is 0 Å². The van der Waals surface area contributed by atoms with E-state index in [1.54, 1.807) is 0 Å². The molecule has 0 saturated heterocycles. The molecule has 9 nitrogen and oxygen atoms in total. The lowest BCUT2D eigenvalue weighted by Gasteiger charge is -2.26. The van der Waals surface area contributed by atoms with Gasteiger partial charge in [-0.3, -0.25) is 9.59 Å². The van der Waals surface area contributed by atoms with E-state index in [1.165, 1.54) is 302 Å². The molecule has 0 rings (SSSR count). The maximum absolute atomic E-state index is 12.9. The fourth-order valence-electron chi connectivity index (χ4n) is 11.5. The molecule has 0 aliphatic heterocycles. The fraction of sp³-hybridized carbons (Fsp3) is 0.885. The van der Waals surface area contributed by atoms with Crippen LogP contribution >= 0.6 is 0 Å². The van der Waals surface area contributed by atoms with E-state index in [2.05, 4.69) is 50.3 Å². The monoisotopic (exact) mass is 1230 g/mol. The Morgan fingerprint density at radius 2 is 0.621 bits per heavy atom. The minimum absolute atomic E-state index is 0.149. The van der Waals surface area contributed by atoms with E-state index in [0.29, 0.717) is 23.9 Å². The number of hydrogen-bond acceptors (Lipinski definition) is 8. The molecule has 9 heteroatoms. The number of allylic oxidation sites excluding steroid dienone is 6. The molecule has 0 spiro atoms. The molecule has 0 radical (unpaired) electrons. The van der Waals surface area contributed by atoms with Crippen LogP contribution in [0.15, 0.2) is 36.5 Å². The average Bonchev–Trinajstić information content (AvgIpc) is 3.57. The first-order valence-electron chi connectivity index (χ1n) is 38.1. The molecule has 512 valence electrons. The number of nitrogens with zero attached hydrogens (tertiary/aromatic N) is 1. The number of carboxylic acids is 1. The van der Waals surface area contributed by atoms with Crippen LogP contribution in [0.25, 0.3) is 0 Å². The highest BCUT2D eigenvalue weighted by Gasteiger charge is 2.22. The zero-order chi connectivity index (χ0) is 63.3. The van der Waals surface area contributed by atoms with Gasteiger partial charge in [0.15, 0.2) is 12.4 Å². The summed E-state index contributed by atoms with van der Waals surface area (Å²) < 4.78 is 22.8. The molecule has 0 bridgehead atoms. The van der Waals surface area contributed by atoms with Crippen molar-refractivity contribution in [3.05, 3.63) is 36.5 Å². The van der Waals surface area contributed by atoms with Crippen LogP contribution < -0.4 is 5.11 Å². The van der Waals surface area contributed by atoms with Gasteiger partial charge in [-0.25, -0.2) is 0 Å². The SMILES string of the molecule is CCCCCCC/C=C\C/C=C\CCCCCCCCCCCC(=O)OC(COC(=O)CCCCCCCCCCCCCCCCCCCCCCCCCCCCCCC/C=C\CCCCCCCCCC)COC(OCC[N+](C)(C)C)C(=O)[O-]. The summed E-state index contributed by atoms with van der Waals surface area (Å²) in [4.78, 5) is 37.5. The van der Waals surface area contributed by atoms with Crippen molar-refractivity contribution in [2.75, 3.05) is 47.5 Å². The second kappa shape index (κ2) is 69.4. The smallest absolute Gasteiger partial charge is 0.306 e. The average molecular weight is 1230 g/mol. The number of carbonyl (C=O) groups excluding carboxylic acids is 3. The van der Waals surface area contributed by atoms with Crippen LogP contribution in [-0.4, -0.2) is 82.3 Å². The van der Waals surface area contributed by atoms with Crippen LogP contribution in [-0.2, 0) is 33.3 Å². The van der Waals surface area contributed by atoms with Gasteiger partial charge in [-0.15, -0.1) is 0 Å². The van der Waals surface area contributed by atoms with Gasteiger partial charge in [0.05, 0.1) is 40.3 Å². The number of carboxylic acid groups (broad SMARTS) is 1. The molecule has 0 aromatic heterocycles. The number of esters is 2. The third-order valence-electron chi connectivity index (χ3n) is 17.4. The van der Waals surface area contributed by atoms with E-state index < -0.39 is 24.3 Å². The summed E-state index contributed by atoms with van der Waals surface area (Å²) in [6.45, 7) is 4.79. The minimum Gasteiger partial charge on any atom is -0.545 e. The zero-order valence-electron chi connectivity index (χ0n) is 58.7. The number of rotatable bonds is 72. The summed E-state index contributed by atoms with van der Waals surface area (Å²) in [6, 6.07) is 0. The normalized spacial score (nSPS) is 12.8. The number of likely N-dealkylation sites (N-methyl/N-ethyl adjacent to an activating group) is 1. The summed E-state index contributed by atoms with van der Waals surface area (Å²) in [5.74, 6) is -2.26. The fourth-order valence-corrected chi connectivity index (χ4v) is 11.5. The Balaban J connectivity index is 3.91. The number of unbranched alkanes of at least 4 members (excludes halogenated alkanes) is 51. The first-order valence-corrected chi connectivity index (χ1v) is 38.1. The van der Waals surface area contributed by atoms with Crippen molar-refractivity contribution in [3.63, 3.8) is 0 Å². The summed E-state index contributed by atoms with van der Waals surface area (Å²) in [5, 5.41) is 11.8. The van der Waals surface area contributed by atoms with Gasteiger partial charge in [-0.05, 0) is 70.6 Å². The molecular weight excluding hydrogens is 1080 g/mol. The number of hydrogen-bond donors (Lipinski definition) is 0. The molecule has 0 aliphatic rings. The van der Waals surface area contributed by atoms with E-state index in [-0.39, 0.29) is 32.2 Å². The Hall–Kier alpha value is -2.49. The lowest BCUT2D eigenvalue weighted by molar-refractivity contribution is -0.870. The molecular formula is C78H147NO8. The van der Waals surface area contributed by atoms with E-state index in [0.717, 1.165) is 51.4 Å². The number of ether oxygens (including phenoxy) is 4. The first kappa shape index (κ1) is 84.5. The molecule has 2 atom stereocenters. The molecule has 0 aromatic carbocycles. The van der Waals surface area contributed by atoms with Gasteiger partial charge in [0.25, 0.3) is 0 Å². The Bertz CT molecular complexity index is 1520. The molecule has 0 N–H and O–H groups in total. The second-order valence-electron chi connectivity index (χ2n) is 27.3. The maximum Gasteiger partial charge on any atom is 0.306 e. The summed E-state index contributed by atoms with van der Waals surface area (Å²) >= 11 is 0. The number of aliphatic carboxylic acids is 1. The maximum atomic E-state index is 12.9. The third-order valence-corrected chi connectivity index (χ3v) is 17.4. The van der Waals surface area contributed by atoms with Crippen molar-refractivity contribution in [1.82, 2.24) is 0 Å². The predicted molar refractivity (Wildman–Crippen MR) is 371 cm³/mol. The van der Waals surface area contributed by atoms with Crippen molar-refractivity contribution >= 4 is 17.9 Å². The molecule has 0 fully saturated rings. The van der Waals surface area contributed by atoms with Crippen molar-refractivity contribution in [2.24, 2.45) is 0 Å². The highest BCUT2D eigenvalue weighted by Crippen LogP contribution is 2.19. The van der Waals surface area contributed by atoms with Gasteiger partial charge in [0.2, 0.25) is 0 Å². The molecule has 0 amide bonds. The number of quaternary nitrogens is 1. The van der Waals surface area contributed by atoms with Gasteiger partial charge in [-0.2, -0.15) is 0 Å². The molecule has 2 unspecified atom stereocenters. The Morgan fingerprint density at radius 1 is 0.345 bits per heavy atom. The van der Waals surface area contributed by atoms with Gasteiger partial charge in [0.1, 0.15) is 13.2 Å². The first-order chi connectivity index (χ1) is 42.6. The van der Waals surface area contributed by atoms with Crippen LogP contribution in [0.4, 0.5) is 0 Å². The Kier molecular flexibility index (Phi) is 67.4. The van der Waals surface area contributed by atoms with Crippen molar-refractivity contribution in [3.8, 4) is 0 Å². The minimum atomic E-state index is -1.62. The quantitative estimate of drug-likeness (QED) is 0.0195. The highest BCUT2D eigenvalue weighted by atomic mass is 16.7. The predicted octanol–water partition coefficient (Wildman–Crippen LogP) is 22.6. The van der Waals surface area contributed by atoms with Crippen molar-refractivity contribution < 1.29 is 42.9 Å². The zero-order valence-corrected chi connectivity index (χ0v) is 58.7. The lowest BCUT2D eigenvalue weighted by atomic mass is 10.0. The van der Waals surface area contributed by atoms with Gasteiger partial charge in [-0.1, -0.05) is 339 Å². The van der Waals surface area contributed by atoms with Gasteiger partial charge >= 0.3 is 11.9 Å². The second-order valence-corrected chi connectivity index (χ2v) is 27.3. The van der Waals surface area contributed by atoms with Gasteiger partial charge < -0.3 is 33.3 Å². The standard InChI is InChI=1S/C78H147NO8/c1-6-8-10-12-14-16-18-20-22-24-26-28-29-30-31-32-33-34-35-36-37-38-39-40-41-42-43-44-45-46-47-49-50-52-54-56-58-60-62-64-66-68-75(80)85-72-74(73-86-78(77(82)83)84-71-70-79(3,4)5)87-76(81)69-67-65-63-61-59-57-55-53-51-48-27-25-23-21-19-17-15-13-11-9-7-2/h19,21,24-27,74,78H,6-18,20,22-23,28-73H2,1-5H3/b21-19-,26-24-,27-25-. The van der Waals surface area contributed by atoms with Crippen LogP contribution in [0.2, 0.25) is 0 Å². The Morgan fingerprint density at radius 3 is 0.920 bits per heavy atom. The Labute approximate surface area is 540 Å². The van der Waals surface area contributed by atoms with E-state index in [1.807, 2.05) is 21.1 Å². The molecule has 0 aliphatic carbocycles. The molecule has 87 heavy (non-hydrogen) atoms. The highest BCUT2D eigenvalue weighted by molar-refractivity contribution is 5.70. The van der Waals surface area contributed by atoms with E-state index >= 15 is 0 Å². The van der Waals surface area contributed by atoms with Crippen LogP contribution in [0.5, 0.6) is 0 Å². The molecule has 0 aromatic rings. The third kappa shape index (κ3) is 70.8. The number of carbonyl (C=O) groups is 3.